The third-order valence-electron chi connectivity index (χ3n) is 4.34. The average Bonchev–Trinajstić information content (AvgIpc) is 3.53. The van der Waals surface area contributed by atoms with Crippen LogP contribution in [0.15, 0.2) is 114 Å². The monoisotopic (exact) mass is 574 g/mol. The molecule has 5 aromatic rings. The predicted octanol–water partition coefficient (Wildman–Crippen LogP) is 7.71. The maximum atomic E-state index is 3.51. The maximum Gasteiger partial charge on any atom is -0.171 e. The fourth-order valence-electron chi connectivity index (χ4n) is 2.61. The molecule has 0 aromatic heterocycles. The van der Waals surface area contributed by atoms with E-state index in [1.807, 2.05) is 79.7 Å². The molecule has 164 valence electrons. The second-order valence-corrected chi connectivity index (χ2v) is 7.65. The summed E-state index contributed by atoms with van der Waals surface area (Å²) >= 11 is 5.09. The van der Waals surface area contributed by atoms with Gasteiger partial charge >= 0.3 is 30.2 Å². The van der Waals surface area contributed by atoms with E-state index < -0.39 is 0 Å². The van der Waals surface area contributed by atoms with Crippen molar-refractivity contribution in [1.29, 1.82) is 0 Å². The Labute approximate surface area is 218 Å². The molecule has 0 fully saturated rings. The first kappa shape index (κ1) is 28.2. The van der Waals surface area contributed by atoms with Gasteiger partial charge in [-0.1, -0.05) is 42.8 Å². The molecular formula is C29H29BrSiZr-4. The molecule has 0 aliphatic heterocycles. The first-order valence-electron chi connectivity index (χ1n) is 10.3. The van der Waals surface area contributed by atoms with Crippen LogP contribution in [0, 0.1) is 32.9 Å². The Hall–Kier alpha value is -1.80. The topological polar surface area (TPSA) is 0 Å². The van der Waals surface area contributed by atoms with Gasteiger partial charge < -0.3 is 0 Å². The van der Waals surface area contributed by atoms with E-state index in [9.17, 15) is 0 Å². The Morgan fingerprint density at radius 2 is 1.50 bits per heavy atom. The van der Waals surface area contributed by atoms with E-state index in [1.165, 1.54) is 31.9 Å². The van der Waals surface area contributed by atoms with Crippen molar-refractivity contribution in [2.75, 3.05) is 0 Å². The third kappa shape index (κ3) is 11.7. The van der Waals surface area contributed by atoms with Crippen LogP contribution in [0.4, 0.5) is 0 Å². The molecule has 0 saturated heterocycles. The molecule has 3 heteroatoms. The second-order valence-electron chi connectivity index (χ2n) is 6.79. The number of benzene rings is 3. The predicted molar refractivity (Wildman–Crippen MR) is 143 cm³/mol. The minimum atomic E-state index is 1.18. The van der Waals surface area contributed by atoms with Crippen LogP contribution in [-0.4, -0.2) is 6.88 Å². The van der Waals surface area contributed by atoms with Crippen LogP contribution in [-0.2, 0) is 23.3 Å². The average molecular weight is 577 g/mol. The van der Waals surface area contributed by atoms with E-state index in [-0.39, 0.29) is 0 Å². The quantitative estimate of drug-likeness (QED) is 0.131. The zero-order valence-electron chi connectivity index (χ0n) is 19.0. The molecule has 0 unspecified atom stereocenters. The van der Waals surface area contributed by atoms with Crippen LogP contribution in [0.1, 0.15) is 16.7 Å². The van der Waals surface area contributed by atoms with Crippen molar-refractivity contribution in [2.45, 2.75) is 20.8 Å². The molecule has 0 amide bonds. The second kappa shape index (κ2) is 17.7. The SMILES string of the molecule is Cc1[c-]cccc1C.Cc1cc2c(Br)cccc2[cH-]1.[SiH2]=[Zr].[c-]1ccccc1.c1cc[cH-]c1. The Kier molecular flexibility index (Phi) is 15.6. The molecule has 0 spiro atoms. The van der Waals surface area contributed by atoms with Crippen LogP contribution in [0.3, 0.4) is 0 Å². The van der Waals surface area contributed by atoms with E-state index in [0.29, 0.717) is 0 Å². The summed E-state index contributed by atoms with van der Waals surface area (Å²) in [5.41, 5.74) is 3.88. The van der Waals surface area contributed by atoms with Crippen molar-refractivity contribution in [2.24, 2.45) is 0 Å². The molecule has 0 aliphatic carbocycles. The normalized spacial score (nSPS) is 8.84. The molecule has 0 radical (unpaired) electrons. The Balaban J connectivity index is 0.000000217. The van der Waals surface area contributed by atoms with Crippen molar-refractivity contribution in [3.05, 3.63) is 142 Å². The van der Waals surface area contributed by atoms with Gasteiger partial charge in [-0.2, -0.15) is 96.1 Å². The molecule has 0 aliphatic rings. The Morgan fingerprint density at radius 3 is 1.91 bits per heavy atom. The van der Waals surface area contributed by atoms with Gasteiger partial charge in [0.05, 0.1) is 0 Å². The number of aryl methyl sites for hydroxylation is 3. The van der Waals surface area contributed by atoms with Gasteiger partial charge in [0.1, 0.15) is 0 Å². The van der Waals surface area contributed by atoms with E-state index in [0.717, 1.165) is 0 Å². The summed E-state index contributed by atoms with van der Waals surface area (Å²) in [5.74, 6) is 0. The van der Waals surface area contributed by atoms with Gasteiger partial charge in [-0.25, -0.2) is 12.1 Å². The molecule has 0 saturated carbocycles. The standard InChI is InChI=1S/C10H8Br.C8H9.C6H5.C5H5.H2Si.Zr/c1-7-5-8-3-2-4-10(11)9(8)6-7;1-7-5-3-4-6-8(7)2;1-2-4-6-5-3-1;1-2-4-5-3-1;;/h2-6H,1H3;3-5H,1-2H3;1-5H;1-5H;1H2;/q4*-1;;. The largest absolute Gasteiger partial charge is 0.214 e. The smallest absolute Gasteiger partial charge is 0.171 e. The van der Waals surface area contributed by atoms with Gasteiger partial charge in [-0.15, -0.1) is 34.5 Å². The number of halogens is 1. The van der Waals surface area contributed by atoms with Crippen LogP contribution < -0.4 is 0 Å². The summed E-state index contributed by atoms with van der Waals surface area (Å²) in [7, 11) is 0. The van der Waals surface area contributed by atoms with Gasteiger partial charge in [-0.05, 0) is 4.47 Å². The number of fused-ring (bicyclic) bond motifs is 1. The minimum absolute atomic E-state index is 1.18. The zero-order valence-corrected chi connectivity index (χ0v) is 24.4. The number of rotatable bonds is 0. The van der Waals surface area contributed by atoms with Crippen molar-refractivity contribution in [1.82, 2.24) is 0 Å². The van der Waals surface area contributed by atoms with Crippen LogP contribution in [0.5, 0.6) is 0 Å². The van der Waals surface area contributed by atoms with Gasteiger partial charge in [-0.3, -0.25) is 0 Å². The summed E-state index contributed by atoms with van der Waals surface area (Å²) in [6, 6.07) is 42.3. The first-order valence-corrected chi connectivity index (χ1v) is 17.0. The molecule has 5 rings (SSSR count). The molecule has 0 bridgehead atoms. The fourth-order valence-corrected chi connectivity index (χ4v) is 3.11. The molecule has 5 aromatic carbocycles. The van der Waals surface area contributed by atoms with Gasteiger partial charge in [0.15, 0.2) is 0 Å². The van der Waals surface area contributed by atoms with E-state index in [2.05, 4.69) is 85.2 Å². The zero-order chi connectivity index (χ0) is 23.6. The summed E-state index contributed by atoms with van der Waals surface area (Å²) in [6.45, 7) is 8.22. The molecular weight excluding hydrogens is 548 g/mol. The minimum Gasteiger partial charge on any atom is -0.214 e. The summed E-state index contributed by atoms with van der Waals surface area (Å²) in [4.78, 5) is 0. The molecule has 0 atom stereocenters. The Bertz CT molecular complexity index is 1030. The summed E-state index contributed by atoms with van der Waals surface area (Å²) in [6.07, 6.45) is 0. The third-order valence-corrected chi connectivity index (χ3v) is 5.03. The van der Waals surface area contributed by atoms with Crippen molar-refractivity contribution < 1.29 is 23.3 Å². The molecule has 0 heterocycles. The van der Waals surface area contributed by atoms with Gasteiger partial charge in [0.2, 0.25) is 0 Å². The van der Waals surface area contributed by atoms with E-state index in [4.69, 9.17) is 0 Å². The van der Waals surface area contributed by atoms with Crippen molar-refractivity contribution >= 4 is 33.6 Å². The van der Waals surface area contributed by atoms with Gasteiger partial charge in [0.25, 0.3) is 0 Å². The number of hydrogen-bond donors (Lipinski definition) is 0. The van der Waals surface area contributed by atoms with Gasteiger partial charge in [0, 0.05) is 0 Å². The number of hydrogen-bond acceptors (Lipinski definition) is 0. The molecule has 0 N–H and O–H groups in total. The van der Waals surface area contributed by atoms with Crippen molar-refractivity contribution in [3.63, 3.8) is 0 Å². The van der Waals surface area contributed by atoms with E-state index >= 15 is 0 Å². The molecule has 32 heavy (non-hydrogen) atoms. The summed E-state index contributed by atoms with van der Waals surface area (Å²) in [5, 5.41) is 2.63. The first-order chi connectivity index (χ1) is 15.6. The Morgan fingerprint density at radius 1 is 0.812 bits per heavy atom. The van der Waals surface area contributed by atoms with Crippen molar-refractivity contribution in [3.8, 4) is 0 Å². The van der Waals surface area contributed by atoms with Crippen LogP contribution >= 0.6 is 15.9 Å². The van der Waals surface area contributed by atoms with E-state index in [1.54, 1.807) is 23.3 Å². The van der Waals surface area contributed by atoms with Crippen LogP contribution in [0.25, 0.3) is 10.8 Å². The summed E-state index contributed by atoms with van der Waals surface area (Å²) < 4.78 is 1.18. The fraction of sp³-hybridized carbons (Fsp3) is 0.103. The van der Waals surface area contributed by atoms with Crippen LogP contribution in [0.2, 0.25) is 0 Å². The maximum absolute atomic E-state index is 3.51. The molecule has 0 nitrogen and oxygen atoms in total.